The van der Waals surface area contributed by atoms with Crippen LogP contribution < -0.4 is 15.4 Å². The second-order valence-corrected chi connectivity index (χ2v) is 5.23. The highest BCUT2D eigenvalue weighted by molar-refractivity contribution is 5.89. The number of ether oxygens (including phenoxy) is 1. The zero-order chi connectivity index (χ0) is 15.4. The molecule has 116 valence electrons. The largest absolute Gasteiger partial charge is 0.478 e. The van der Waals surface area contributed by atoms with Gasteiger partial charge in [-0.15, -0.1) is 0 Å². The van der Waals surface area contributed by atoms with Gasteiger partial charge >= 0.3 is 6.03 Å². The molecule has 2 amide bonds. The van der Waals surface area contributed by atoms with Crippen LogP contribution in [0.5, 0.6) is 5.88 Å². The van der Waals surface area contributed by atoms with Gasteiger partial charge in [0.25, 0.3) is 0 Å². The first kappa shape index (κ1) is 14.4. The van der Waals surface area contributed by atoms with Crippen molar-refractivity contribution >= 4 is 11.7 Å². The van der Waals surface area contributed by atoms with E-state index in [1.165, 1.54) is 11.3 Å². The average molecular weight is 301 g/mol. The first-order valence-corrected chi connectivity index (χ1v) is 7.42. The summed E-state index contributed by atoms with van der Waals surface area (Å²) in [5.41, 5.74) is 2.99. The molecule has 1 aliphatic rings. The normalized spacial score (nSPS) is 16.7. The number of aromatic nitrogens is 3. The first-order valence-electron chi connectivity index (χ1n) is 7.42. The van der Waals surface area contributed by atoms with E-state index in [4.69, 9.17) is 4.74 Å². The van der Waals surface area contributed by atoms with Crippen LogP contribution in [-0.4, -0.2) is 33.9 Å². The molecular weight excluding hydrogens is 282 g/mol. The predicted octanol–water partition coefficient (Wildman–Crippen LogP) is 1.88. The topological polar surface area (TPSA) is 91.9 Å². The molecule has 3 N–H and O–H groups in total. The molecule has 2 aromatic rings. The lowest BCUT2D eigenvalue weighted by molar-refractivity contribution is 0.247. The average Bonchev–Trinajstić information content (AvgIpc) is 2.97. The maximum Gasteiger partial charge on any atom is 0.319 e. The SMILES string of the molecule is CCOc1ccc(NC(=O)N[C@H]2CCc3[nH]ncc3C2)cn1. The highest BCUT2D eigenvalue weighted by Crippen LogP contribution is 2.19. The molecule has 0 fully saturated rings. The van der Waals surface area contributed by atoms with Gasteiger partial charge in [0.1, 0.15) is 0 Å². The number of nitrogens with one attached hydrogen (secondary N) is 3. The maximum atomic E-state index is 12.0. The third-order valence-corrected chi connectivity index (χ3v) is 3.64. The van der Waals surface area contributed by atoms with Crippen LogP contribution in [0.3, 0.4) is 0 Å². The first-order chi connectivity index (χ1) is 10.7. The molecule has 2 heterocycles. The van der Waals surface area contributed by atoms with Crippen molar-refractivity contribution in [3.05, 3.63) is 35.8 Å². The quantitative estimate of drug-likeness (QED) is 0.804. The highest BCUT2D eigenvalue weighted by atomic mass is 16.5. The Bertz CT molecular complexity index is 638. The van der Waals surface area contributed by atoms with E-state index in [0.717, 1.165) is 19.3 Å². The van der Waals surface area contributed by atoms with Gasteiger partial charge in [-0.25, -0.2) is 9.78 Å². The van der Waals surface area contributed by atoms with Crippen molar-refractivity contribution in [2.75, 3.05) is 11.9 Å². The third kappa shape index (κ3) is 3.36. The number of aryl methyl sites for hydroxylation is 1. The summed E-state index contributed by atoms with van der Waals surface area (Å²) in [5, 5.41) is 12.8. The summed E-state index contributed by atoms with van der Waals surface area (Å²) in [6, 6.07) is 3.41. The van der Waals surface area contributed by atoms with Crippen molar-refractivity contribution < 1.29 is 9.53 Å². The van der Waals surface area contributed by atoms with Crippen molar-refractivity contribution in [3.63, 3.8) is 0 Å². The molecule has 2 aromatic heterocycles. The second kappa shape index (κ2) is 6.46. The predicted molar refractivity (Wildman–Crippen MR) is 82.0 cm³/mol. The molecule has 1 aliphatic carbocycles. The monoisotopic (exact) mass is 301 g/mol. The van der Waals surface area contributed by atoms with Crippen molar-refractivity contribution in [1.82, 2.24) is 20.5 Å². The number of fused-ring (bicyclic) bond motifs is 1. The number of anilines is 1. The smallest absolute Gasteiger partial charge is 0.319 e. The minimum atomic E-state index is -0.220. The van der Waals surface area contributed by atoms with Crippen LogP contribution in [0.15, 0.2) is 24.5 Å². The number of hydrogen-bond donors (Lipinski definition) is 3. The van der Waals surface area contributed by atoms with Gasteiger partial charge in [-0.3, -0.25) is 5.10 Å². The number of H-pyrrole nitrogens is 1. The molecule has 22 heavy (non-hydrogen) atoms. The van der Waals surface area contributed by atoms with E-state index < -0.39 is 0 Å². The van der Waals surface area contributed by atoms with Gasteiger partial charge in [0.2, 0.25) is 5.88 Å². The van der Waals surface area contributed by atoms with Crippen molar-refractivity contribution in [2.24, 2.45) is 0 Å². The Morgan fingerprint density at radius 2 is 2.36 bits per heavy atom. The fraction of sp³-hybridized carbons (Fsp3) is 0.400. The number of carbonyl (C=O) groups is 1. The number of amides is 2. The standard InChI is InChI=1S/C15H19N5O2/c1-2-22-14-6-4-12(9-16-14)19-15(21)18-11-3-5-13-10(7-11)8-17-20-13/h4,6,8-9,11H,2-3,5,7H2,1H3,(H,17,20)(H2,18,19,21)/t11-/m0/s1. The number of urea groups is 1. The van der Waals surface area contributed by atoms with Crippen LogP contribution in [-0.2, 0) is 12.8 Å². The molecule has 0 aromatic carbocycles. The fourth-order valence-corrected chi connectivity index (χ4v) is 2.58. The Balaban J connectivity index is 1.52. The zero-order valence-corrected chi connectivity index (χ0v) is 12.4. The van der Waals surface area contributed by atoms with E-state index in [9.17, 15) is 4.79 Å². The van der Waals surface area contributed by atoms with Crippen LogP contribution in [0, 0.1) is 0 Å². The summed E-state index contributed by atoms with van der Waals surface area (Å²) in [7, 11) is 0. The molecule has 0 bridgehead atoms. The Morgan fingerprint density at radius 3 is 3.14 bits per heavy atom. The van der Waals surface area contributed by atoms with E-state index in [1.807, 2.05) is 13.1 Å². The summed E-state index contributed by atoms with van der Waals surface area (Å²) in [4.78, 5) is 16.2. The Labute approximate surface area is 128 Å². The molecule has 0 saturated carbocycles. The van der Waals surface area contributed by atoms with E-state index in [1.54, 1.807) is 18.3 Å². The van der Waals surface area contributed by atoms with Gasteiger partial charge in [0.15, 0.2) is 0 Å². The van der Waals surface area contributed by atoms with E-state index in [2.05, 4.69) is 25.8 Å². The fourth-order valence-electron chi connectivity index (χ4n) is 2.58. The summed E-state index contributed by atoms with van der Waals surface area (Å²) in [6.45, 7) is 2.47. The maximum absolute atomic E-state index is 12.0. The number of rotatable bonds is 4. The number of aromatic amines is 1. The lowest BCUT2D eigenvalue weighted by atomic mass is 9.94. The molecule has 0 radical (unpaired) electrons. The van der Waals surface area contributed by atoms with Gasteiger partial charge in [-0.1, -0.05) is 0 Å². The van der Waals surface area contributed by atoms with Crippen molar-refractivity contribution in [3.8, 4) is 5.88 Å². The number of nitrogens with zero attached hydrogens (tertiary/aromatic N) is 2. The second-order valence-electron chi connectivity index (χ2n) is 5.23. The van der Waals surface area contributed by atoms with Crippen LogP contribution in [0.4, 0.5) is 10.5 Å². The minimum Gasteiger partial charge on any atom is -0.478 e. The van der Waals surface area contributed by atoms with Crippen LogP contribution in [0.1, 0.15) is 24.6 Å². The molecule has 0 saturated heterocycles. The molecule has 7 nitrogen and oxygen atoms in total. The lowest BCUT2D eigenvalue weighted by Crippen LogP contribution is -2.41. The molecule has 3 rings (SSSR count). The summed E-state index contributed by atoms with van der Waals surface area (Å²) in [5.74, 6) is 0.549. The highest BCUT2D eigenvalue weighted by Gasteiger charge is 2.21. The van der Waals surface area contributed by atoms with Gasteiger partial charge in [-0.2, -0.15) is 5.10 Å². The van der Waals surface area contributed by atoms with E-state index in [-0.39, 0.29) is 12.1 Å². The van der Waals surface area contributed by atoms with Crippen LogP contribution in [0.25, 0.3) is 0 Å². The molecule has 0 spiro atoms. The molecule has 7 heteroatoms. The van der Waals surface area contributed by atoms with Crippen molar-refractivity contribution in [1.29, 1.82) is 0 Å². The van der Waals surface area contributed by atoms with E-state index >= 15 is 0 Å². The van der Waals surface area contributed by atoms with E-state index in [0.29, 0.717) is 18.2 Å². The van der Waals surface area contributed by atoms with Crippen molar-refractivity contribution in [2.45, 2.75) is 32.2 Å². The number of carbonyl (C=O) groups excluding carboxylic acids is 1. The lowest BCUT2D eigenvalue weighted by Gasteiger charge is -2.22. The molecule has 0 unspecified atom stereocenters. The summed E-state index contributed by atoms with van der Waals surface area (Å²) in [6.07, 6.45) is 6.03. The molecule has 0 aliphatic heterocycles. The third-order valence-electron chi connectivity index (χ3n) is 3.64. The zero-order valence-electron chi connectivity index (χ0n) is 12.4. The Morgan fingerprint density at radius 1 is 1.45 bits per heavy atom. The van der Waals surface area contributed by atoms with Crippen LogP contribution in [0.2, 0.25) is 0 Å². The van der Waals surface area contributed by atoms with Gasteiger partial charge in [-0.05, 0) is 37.8 Å². The molecule has 1 atom stereocenters. The molecular formula is C15H19N5O2. The summed E-state index contributed by atoms with van der Waals surface area (Å²) >= 11 is 0. The van der Waals surface area contributed by atoms with Gasteiger partial charge in [0, 0.05) is 17.8 Å². The summed E-state index contributed by atoms with van der Waals surface area (Å²) < 4.78 is 5.26. The Kier molecular flexibility index (Phi) is 4.22. The van der Waals surface area contributed by atoms with Crippen LogP contribution >= 0.6 is 0 Å². The minimum absolute atomic E-state index is 0.126. The van der Waals surface area contributed by atoms with Gasteiger partial charge < -0.3 is 15.4 Å². The van der Waals surface area contributed by atoms with Gasteiger partial charge in [0.05, 0.1) is 24.7 Å². The number of hydrogen-bond acceptors (Lipinski definition) is 4. The number of pyridine rings is 1. The Hall–Kier alpha value is -2.57.